The summed E-state index contributed by atoms with van der Waals surface area (Å²) in [6.07, 6.45) is 0. The number of pyridine rings is 1. The third kappa shape index (κ3) is 4.03. The van der Waals surface area contributed by atoms with Crippen LogP contribution in [0.1, 0.15) is 26.3 Å². The van der Waals surface area contributed by atoms with E-state index < -0.39 is 0 Å². The van der Waals surface area contributed by atoms with Crippen LogP contribution in [-0.2, 0) is 0 Å². The van der Waals surface area contributed by atoms with Gasteiger partial charge in [0, 0.05) is 28.0 Å². The molecule has 0 aliphatic heterocycles. The van der Waals surface area contributed by atoms with E-state index in [1.807, 2.05) is 87.5 Å². The third-order valence-corrected chi connectivity index (χ3v) is 4.86. The van der Waals surface area contributed by atoms with Gasteiger partial charge in [-0.25, -0.2) is 4.98 Å². The molecule has 1 N–H and O–H groups in total. The standard InChI is InChI=1S/C26H24N2O2/c1-26(2,3)25(21-15-9-10-16-22(21)29)28-30-23-17-19-13-7-8-14-20(19)24(27-23)18-11-5-4-6-12-18/h4-17,29H,1-3H3/b28-25-. The lowest BCUT2D eigenvalue weighted by Gasteiger charge is -2.21. The van der Waals surface area contributed by atoms with Gasteiger partial charge in [-0.05, 0) is 17.5 Å². The Bertz CT molecular complexity index is 1210. The Morgan fingerprint density at radius 2 is 1.53 bits per heavy atom. The molecule has 0 spiro atoms. The molecular weight excluding hydrogens is 372 g/mol. The highest BCUT2D eigenvalue weighted by atomic mass is 16.6. The van der Waals surface area contributed by atoms with Crippen LogP contribution < -0.4 is 4.84 Å². The molecular formula is C26H24N2O2. The quantitative estimate of drug-likeness (QED) is 0.319. The van der Waals surface area contributed by atoms with Gasteiger partial charge in [0.2, 0.25) is 5.88 Å². The lowest BCUT2D eigenvalue weighted by Crippen LogP contribution is -2.22. The average Bonchev–Trinajstić information content (AvgIpc) is 2.74. The van der Waals surface area contributed by atoms with E-state index in [4.69, 9.17) is 9.82 Å². The highest BCUT2D eigenvalue weighted by Crippen LogP contribution is 2.31. The summed E-state index contributed by atoms with van der Waals surface area (Å²) in [7, 11) is 0. The zero-order valence-electron chi connectivity index (χ0n) is 17.3. The lowest BCUT2D eigenvalue weighted by molar-refractivity contribution is 0.321. The summed E-state index contributed by atoms with van der Waals surface area (Å²) in [6, 6.07) is 27.2. The first kappa shape index (κ1) is 19.6. The number of aromatic nitrogens is 1. The first-order chi connectivity index (χ1) is 14.4. The molecule has 0 saturated heterocycles. The Morgan fingerprint density at radius 3 is 2.27 bits per heavy atom. The fourth-order valence-corrected chi connectivity index (χ4v) is 3.39. The first-order valence-corrected chi connectivity index (χ1v) is 9.92. The van der Waals surface area contributed by atoms with Crippen molar-refractivity contribution in [2.75, 3.05) is 0 Å². The van der Waals surface area contributed by atoms with Crippen LogP contribution in [0.3, 0.4) is 0 Å². The molecule has 1 aromatic heterocycles. The number of hydrogen-bond acceptors (Lipinski definition) is 4. The van der Waals surface area contributed by atoms with E-state index in [-0.39, 0.29) is 11.2 Å². The van der Waals surface area contributed by atoms with E-state index in [0.29, 0.717) is 17.2 Å². The molecule has 0 aliphatic rings. The Labute approximate surface area is 176 Å². The minimum atomic E-state index is -0.335. The Morgan fingerprint density at radius 1 is 0.867 bits per heavy atom. The van der Waals surface area contributed by atoms with Crippen molar-refractivity contribution >= 4 is 16.5 Å². The normalized spacial score (nSPS) is 12.2. The molecule has 0 radical (unpaired) electrons. The number of rotatable bonds is 4. The first-order valence-electron chi connectivity index (χ1n) is 9.92. The number of phenols is 1. The van der Waals surface area contributed by atoms with Gasteiger partial charge in [0.15, 0.2) is 0 Å². The molecule has 1 heterocycles. The summed E-state index contributed by atoms with van der Waals surface area (Å²) in [5, 5.41) is 16.8. The van der Waals surface area contributed by atoms with E-state index in [1.54, 1.807) is 12.1 Å². The molecule has 4 aromatic rings. The van der Waals surface area contributed by atoms with Gasteiger partial charge in [0.25, 0.3) is 0 Å². The maximum Gasteiger partial charge on any atom is 0.249 e. The van der Waals surface area contributed by atoms with Crippen molar-refractivity contribution in [3.05, 3.63) is 90.5 Å². The molecule has 0 amide bonds. The van der Waals surface area contributed by atoms with Crippen molar-refractivity contribution in [2.24, 2.45) is 10.6 Å². The van der Waals surface area contributed by atoms with Gasteiger partial charge >= 0.3 is 0 Å². The zero-order valence-corrected chi connectivity index (χ0v) is 17.3. The average molecular weight is 396 g/mol. The van der Waals surface area contributed by atoms with Gasteiger partial charge in [-0.2, -0.15) is 0 Å². The van der Waals surface area contributed by atoms with Crippen LogP contribution in [0.2, 0.25) is 0 Å². The van der Waals surface area contributed by atoms with E-state index in [9.17, 15) is 5.11 Å². The van der Waals surface area contributed by atoms with Crippen molar-refractivity contribution < 1.29 is 9.94 Å². The molecule has 0 bridgehead atoms. The molecule has 4 nitrogen and oxygen atoms in total. The molecule has 0 fully saturated rings. The Kier molecular flexibility index (Phi) is 5.23. The van der Waals surface area contributed by atoms with Crippen LogP contribution in [0.5, 0.6) is 11.6 Å². The van der Waals surface area contributed by atoms with Gasteiger partial charge in [0.05, 0.1) is 11.4 Å². The summed E-state index contributed by atoms with van der Waals surface area (Å²) in [6.45, 7) is 6.10. The third-order valence-electron chi connectivity index (χ3n) is 4.86. The van der Waals surface area contributed by atoms with Crippen LogP contribution >= 0.6 is 0 Å². The molecule has 4 rings (SSSR count). The number of nitrogens with zero attached hydrogens (tertiary/aromatic N) is 2. The van der Waals surface area contributed by atoms with Gasteiger partial charge in [-0.3, -0.25) is 0 Å². The maximum atomic E-state index is 10.3. The topological polar surface area (TPSA) is 54.7 Å². The van der Waals surface area contributed by atoms with E-state index in [0.717, 1.165) is 22.0 Å². The number of benzene rings is 3. The highest BCUT2D eigenvalue weighted by Gasteiger charge is 2.24. The minimum Gasteiger partial charge on any atom is -0.507 e. The Balaban J connectivity index is 1.81. The lowest BCUT2D eigenvalue weighted by atomic mass is 9.85. The van der Waals surface area contributed by atoms with Crippen LogP contribution in [0.15, 0.2) is 90.1 Å². The maximum absolute atomic E-state index is 10.3. The molecule has 4 heteroatoms. The van der Waals surface area contributed by atoms with Gasteiger partial charge < -0.3 is 9.94 Å². The fourth-order valence-electron chi connectivity index (χ4n) is 3.39. The summed E-state index contributed by atoms with van der Waals surface area (Å²) in [5.74, 6) is 0.580. The van der Waals surface area contributed by atoms with Crippen molar-refractivity contribution in [1.29, 1.82) is 0 Å². The second-order valence-corrected chi connectivity index (χ2v) is 8.19. The molecule has 0 unspecified atom stereocenters. The Hall–Kier alpha value is -3.66. The second kappa shape index (κ2) is 7.99. The predicted octanol–water partition coefficient (Wildman–Crippen LogP) is 6.44. The molecule has 0 aliphatic carbocycles. The minimum absolute atomic E-state index is 0.172. The number of hydrogen-bond donors (Lipinski definition) is 1. The highest BCUT2D eigenvalue weighted by molar-refractivity contribution is 6.05. The molecule has 3 aromatic carbocycles. The van der Waals surface area contributed by atoms with Crippen LogP contribution in [-0.4, -0.2) is 15.8 Å². The monoisotopic (exact) mass is 396 g/mol. The molecule has 0 saturated carbocycles. The van der Waals surface area contributed by atoms with Crippen LogP contribution in [0.25, 0.3) is 22.0 Å². The molecule has 150 valence electrons. The fraction of sp³-hybridized carbons (Fsp3) is 0.154. The molecule has 30 heavy (non-hydrogen) atoms. The molecule has 0 atom stereocenters. The van der Waals surface area contributed by atoms with E-state index >= 15 is 0 Å². The van der Waals surface area contributed by atoms with Crippen LogP contribution in [0.4, 0.5) is 0 Å². The van der Waals surface area contributed by atoms with Crippen molar-refractivity contribution in [2.45, 2.75) is 20.8 Å². The number of oxime groups is 1. The summed E-state index contributed by atoms with van der Waals surface area (Å²) in [5.41, 5.74) is 2.82. The van der Waals surface area contributed by atoms with Crippen molar-refractivity contribution in [3.63, 3.8) is 0 Å². The number of phenolic OH excluding ortho intramolecular Hbond substituents is 1. The van der Waals surface area contributed by atoms with Gasteiger partial charge in [0.1, 0.15) is 5.75 Å². The smallest absolute Gasteiger partial charge is 0.249 e. The predicted molar refractivity (Wildman–Crippen MR) is 122 cm³/mol. The second-order valence-electron chi connectivity index (χ2n) is 8.19. The summed E-state index contributed by atoms with van der Waals surface area (Å²) in [4.78, 5) is 10.6. The zero-order chi connectivity index (χ0) is 21.1. The van der Waals surface area contributed by atoms with E-state index in [1.165, 1.54) is 0 Å². The number of para-hydroxylation sites is 1. The largest absolute Gasteiger partial charge is 0.507 e. The van der Waals surface area contributed by atoms with Crippen molar-refractivity contribution in [1.82, 2.24) is 4.98 Å². The van der Waals surface area contributed by atoms with Gasteiger partial charge in [-0.15, -0.1) is 0 Å². The summed E-state index contributed by atoms with van der Waals surface area (Å²) >= 11 is 0. The van der Waals surface area contributed by atoms with Crippen LogP contribution in [0, 0.1) is 5.41 Å². The number of fused-ring (bicyclic) bond motifs is 1. The van der Waals surface area contributed by atoms with Crippen molar-refractivity contribution in [3.8, 4) is 22.9 Å². The van der Waals surface area contributed by atoms with Gasteiger partial charge in [-0.1, -0.05) is 92.7 Å². The number of aromatic hydroxyl groups is 1. The van der Waals surface area contributed by atoms with E-state index in [2.05, 4.69) is 11.2 Å². The SMILES string of the molecule is CC(C)(C)/C(=N\Oc1cc2ccccc2c(-c2ccccc2)n1)c1ccccc1O. The summed E-state index contributed by atoms with van der Waals surface area (Å²) < 4.78 is 0.